The molecule has 0 radical (unpaired) electrons. The first-order chi connectivity index (χ1) is 9.02. The lowest BCUT2D eigenvalue weighted by Gasteiger charge is -2.10. The van der Waals surface area contributed by atoms with Crippen molar-refractivity contribution in [3.63, 3.8) is 0 Å². The van der Waals surface area contributed by atoms with Crippen LogP contribution < -0.4 is 5.32 Å². The molecular formula is C14H17N3O2. The van der Waals surface area contributed by atoms with Crippen LogP contribution in [0.25, 0.3) is 0 Å². The van der Waals surface area contributed by atoms with Crippen LogP contribution in [0.2, 0.25) is 0 Å². The first-order valence-corrected chi connectivity index (χ1v) is 5.99. The molecule has 5 nitrogen and oxygen atoms in total. The molecule has 0 fully saturated rings. The van der Waals surface area contributed by atoms with E-state index in [1.165, 1.54) is 4.90 Å². The van der Waals surface area contributed by atoms with Crippen molar-refractivity contribution < 1.29 is 9.59 Å². The van der Waals surface area contributed by atoms with Crippen LogP contribution in [0.1, 0.15) is 17.5 Å². The third kappa shape index (κ3) is 5.21. The normalized spacial score (nSPS) is 9.53. The van der Waals surface area contributed by atoms with Gasteiger partial charge < -0.3 is 10.2 Å². The number of rotatable bonds is 5. The predicted octanol–water partition coefficient (Wildman–Crippen LogP) is 0.695. The van der Waals surface area contributed by atoms with Crippen molar-refractivity contribution in [2.75, 3.05) is 20.6 Å². The molecule has 0 aliphatic carbocycles. The highest BCUT2D eigenvalue weighted by Crippen LogP contribution is 2.03. The third-order valence-corrected chi connectivity index (χ3v) is 2.61. The quantitative estimate of drug-likeness (QED) is 0.845. The van der Waals surface area contributed by atoms with E-state index in [4.69, 9.17) is 5.26 Å². The van der Waals surface area contributed by atoms with E-state index in [0.29, 0.717) is 18.5 Å². The lowest BCUT2D eigenvalue weighted by molar-refractivity contribution is -0.128. The Kier molecular flexibility index (Phi) is 5.55. The number of nitrogens with zero attached hydrogens (tertiary/aromatic N) is 2. The summed E-state index contributed by atoms with van der Waals surface area (Å²) in [6, 6.07) is 8.89. The minimum absolute atomic E-state index is 0.0151. The zero-order chi connectivity index (χ0) is 14.3. The molecule has 0 aliphatic heterocycles. The molecular weight excluding hydrogens is 242 g/mol. The van der Waals surface area contributed by atoms with E-state index in [1.54, 1.807) is 38.4 Å². The number of hydrogen-bond donors (Lipinski definition) is 1. The zero-order valence-corrected chi connectivity index (χ0v) is 11.1. The average molecular weight is 259 g/mol. The molecule has 0 heterocycles. The highest BCUT2D eigenvalue weighted by Gasteiger charge is 2.06. The van der Waals surface area contributed by atoms with Gasteiger partial charge >= 0.3 is 0 Å². The SMILES string of the molecule is CN(C)C(=O)CCNC(=O)Cc1ccc(C#N)cc1. The Morgan fingerprint density at radius 2 is 1.89 bits per heavy atom. The molecule has 1 rings (SSSR count). The van der Waals surface area contributed by atoms with Gasteiger partial charge in [-0.2, -0.15) is 5.26 Å². The first-order valence-electron chi connectivity index (χ1n) is 5.99. The molecule has 19 heavy (non-hydrogen) atoms. The number of nitriles is 1. The van der Waals surface area contributed by atoms with Gasteiger partial charge in [-0.25, -0.2) is 0 Å². The van der Waals surface area contributed by atoms with Crippen molar-refractivity contribution in [2.45, 2.75) is 12.8 Å². The van der Waals surface area contributed by atoms with Gasteiger partial charge in [0.05, 0.1) is 18.1 Å². The van der Waals surface area contributed by atoms with Crippen LogP contribution in [-0.4, -0.2) is 37.4 Å². The Morgan fingerprint density at radius 3 is 2.42 bits per heavy atom. The van der Waals surface area contributed by atoms with Crippen LogP contribution in [0.15, 0.2) is 24.3 Å². The van der Waals surface area contributed by atoms with Crippen LogP contribution in [0.4, 0.5) is 0 Å². The second-order valence-corrected chi connectivity index (χ2v) is 4.37. The van der Waals surface area contributed by atoms with Gasteiger partial charge in [0, 0.05) is 27.1 Å². The number of amides is 2. The molecule has 2 amide bonds. The lowest BCUT2D eigenvalue weighted by Crippen LogP contribution is -2.31. The molecule has 0 aliphatic rings. The highest BCUT2D eigenvalue weighted by atomic mass is 16.2. The first kappa shape index (κ1) is 14.7. The molecule has 0 aromatic heterocycles. The largest absolute Gasteiger partial charge is 0.355 e. The number of carbonyl (C=O) groups is 2. The summed E-state index contributed by atoms with van der Waals surface area (Å²) in [6.07, 6.45) is 0.550. The topological polar surface area (TPSA) is 73.2 Å². The van der Waals surface area contributed by atoms with E-state index >= 15 is 0 Å². The Labute approximate surface area is 112 Å². The summed E-state index contributed by atoms with van der Waals surface area (Å²) < 4.78 is 0. The van der Waals surface area contributed by atoms with Crippen molar-refractivity contribution in [3.8, 4) is 6.07 Å². The molecule has 0 spiro atoms. The monoisotopic (exact) mass is 259 g/mol. The van der Waals surface area contributed by atoms with Crippen LogP contribution in [0, 0.1) is 11.3 Å². The summed E-state index contributed by atoms with van der Waals surface area (Å²) in [5, 5.41) is 11.4. The lowest BCUT2D eigenvalue weighted by atomic mass is 10.1. The second kappa shape index (κ2) is 7.17. The van der Waals surface area contributed by atoms with E-state index in [2.05, 4.69) is 5.32 Å². The highest BCUT2D eigenvalue weighted by molar-refractivity contribution is 5.80. The number of hydrogen-bond acceptors (Lipinski definition) is 3. The fourth-order valence-corrected chi connectivity index (χ4v) is 1.48. The molecule has 0 atom stereocenters. The second-order valence-electron chi connectivity index (χ2n) is 4.37. The van der Waals surface area contributed by atoms with Gasteiger partial charge in [-0.3, -0.25) is 9.59 Å². The van der Waals surface area contributed by atoms with Crippen molar-refractivity contribution in [2.24, 2.45) is 0 Å². The molecule has 100 valence electrons. The van der Waals surface area contributed by atoms with Crippen LogP contribution in [0.3, 0.4) is 0 Å². The van der Waals surface area contributed by atoms with Crippen LogP contribution in [-0.2, 0) is 16.0 Å². The Bertz CT molecular complexity index is 486. The van der Waals surface area contributed by atoms with Crippen LogP contribution >= 0.6 is 0 Å². The molecule has 1 aromatic rings. The van der Waals surface area contributed by atoms with E-state index in [9.17, 15) is 9.59 Å². The minimum atomic E-state index is -0.128. The standard InChI is InChI=1S/C14H17N3O2/c1-17(2)14(19)7-8-16-13(18)9-11-3-5-12(10-15)6-4-11/h3-6H,7-9H2,1-2H3,(H,16,18). The summed E-state index contributed by atoms with van der Waals surface area (Å²) in [4.78, 5) is 24.4. The third-order valence-electron chi connectivity index (χ3n) is 2.61. The molecule has 1 aromatic carbocycles. The van der Waals surface area contributed by atoms with Crippen LogP contribution in [0.5, 0.6) is 0 Å². The maximum Gasteiger partial charge on any atom is 0.224 e. The molecule has 0 bridgehead atoms. The zero-order valence-electron chi connectivity index (χ0n) is 11.1. The molecule has 0 saturated heterocycles. The maximum atomic E-state index is 11.6. The summed E-state index contributed by atoms with van der Waals surface area (Å²) >= 11 is 0. The van der Waals surface area contributed by atoms with Gasteiger partial charge in [0.2, 0.25) is 11.8 Å². The van der Waals surface area contributed by atoms with E-state index in [0.717, 1.165) is 5.56 Å². The Balaban J connectivity index is 2.35. The van der Waals surface area contributed by atoms with E-state index < -0.39 is 0 Å². The fraction of sp³-hybridized carbons (Fsp3) is 0.357. The Hall–Kier alpha value is -2.35. The Morgan fingerprint density at radius 1 is 1.26 bits per heavy atom. The van der Waals surface area contributed by atoms with Gasteiger partial charge in [-0.15, -0.1) is 0 Å². The van der Waals surface area contributed by atoms with Crippen molar-refractivity contribution in [1.29, 1.82) is 5.26 Å². The van der Waals surface area contributed by atoms with E-state index in [-0.39, 0.29) is 18.2 Å². The average Bonchev–Trinajstić information content (AvgIpc) is 2.39. The number of carbonyl (C=O) groups excluding carboxylic acids is 2. The maximum absolute atomic E-state index is 11.6. The van der Waals surface area contributed by atoms with Crippen molar-refractivity contribution >= 4 is 11.8 Å². The summed E-state index contributed by atoms with van der Waals surface area (Å²) in [5.74, 6) is -0.144. The summed E-state index contributed by atoms with van der Waals surface area (Å²) in [7, 11) is 3.36. The molecule has 0 saturated carbocycles. The molecule has 5 heteroatoms. The fourth-order valence-electron chi connectivity index (χ4n) is 1.48. The van der Waals surface area contributed by atoms with Gasteiger partial charge in [-0.05, 0) is 17.7 Å². The summed E-state index contributed by atoms with van der Waals surface area (Å²) in [6.45, 7) is 0.339. The van der Waals surface area contributed by atoms with Crippen molar-refractivity contribution in [3.05, 3.63) is 35.4 Å². The smallest absolute Gasteiger partial charge is 0.224 e. The number of nitrogens with one attached hydrogen (secondary N) is 1. The molecule has 1 N–H and O–H groups in total. The predicted molar refractivity (Wildman–Crippen MR) is 71.2 cm³/mol. The van der Waals surface area contributed by atoms with Gasteiger partial charge in [0.1, 0.15) is 0 Å². The van der Waals surface area contributed by atoms with Gasteiger partial charge in [0.25, 0.3) is 0 Å². The van der Waals surface area contributed by atoms with Gasteiger partial charge in [-0.1, -0.05) is 12.1 Å². The van der Waals surface area contributed by atoms with Gasteiger partial charge in [0.15, 0.2) is 0 Å². The molecule has 0 unspecified atom stereocenters. The number of benzene rings is 1. The van der Waals surface area contributed by atoms with E-state index in [1.807, 2.05) is 6.07 Å². The minimum Gasteiger partial charge on any atom is -0.355 e. The summed E-state index contributed by atoms with van der Waals surface area (Å²) in [5.41, 5.74) is 1.41. The van der Waals surface area contributed by atoms with Crippen molar-refractivity contribution in [1.82, 2.24) is 10.2 Å².